The van der Waals surface area contributed by atoms with E-state index in [2.05, 4.69) is 10.3 Å². The number of piperidine rings is 1. The van der Waals surface area contributed by atoms with Crippen molar-refractivity contribution in [1.29, 1.82) is 0 Å². The molecule has 28 heavy (non-hydrogen) atoms. The van der Waals surface area contributed by atoms with Crippen LogP contribution < -0.4 is 5.32 Å². The largest absolute Gasteiger partial charge is 0.438 e. The van der Waals surface area contributed by atoms with Crippen molar-refractivity contribution in [2.24, 2.45) is 17.8 Å². The first kappa shape index (κ1) is 17.9. The van der Waals surface area contributed by atoms with E-state index in [0.29, 0.717) is 43.1 Å². The lowest BCUT2D eigenvalue weighted by Crippen LogP contribution is -2.52. The molecule has 2 aromatic rings. The lowest BCUT2D eigenvalue weighted by atomic mass is 10.1. The van der Waals surface area contributed by atoms with Crippen LogP contribution in [0.2, 0.25) is 0 Å². The molecular formula is C20H23N3O4S. The Kier molecular flexibility index (Phi) is 4.28. The minimum Gasteiger partial charge on any atom is -0.438 e. The van der Waals surface area contributed by atoms with Gasteiger partial charge in [-0.2, -0.15) is 0 Å². The fraction of sp³-hybridized carbons (Fsp3) is 0.550. The Bertz CT molecular complexity index is 913. The number of fused-ring (bicyclic) bond motifs is 2. The third kappa shape index (κ3) is 3.24. The second-order valence-electron chi connectivity index (χ2n) is 8.29. The first-order chi connectivity index (χ1) is 13.5. The smallest absolute Gasteiger partial charge is 0.410 e. The Morgan fingerprint density at radius 3 is 2.86 bits per heavy atom. The van der Waals surface area contributed by atoms with E-state index in [0.717, 1.165) is 29.7 Å². The Balaban J connectivity index is 1.05. The fourth-order valence-electron chi connectivity index (χ4n) is 4.40. The van der Waals surface area contributed by atoms with Gasteiger partial charge in [-0.3, -0.25) is 4.79 Å². The Hall–Kier alpha value is -2.19. The van der Waals surface area contributed by atoms with Crippen LogP contribution in [0.1, 0.15) is 23.7 Å². The summed E-state index contributed by atoms with van der Waals surface area (Å²) in [5, 5.41) is 3.02. The number of ether oxygens (including phenoxy) is 2. The second-order valence-corrected chi connectivity index (χ2v) is 9.17. The molecule has 3 aliphatic rings. The summed E-state index contributed by atoms with van der Waals surface area (Å²) in [4.78, 5) is 30.7. The number of benzene rings is 1. The van der Waals surface area contributed by atoms with E-state index in [4.69, 9.17) is 9.47 Å². The maximum Gasteiger partial charge on any atom is 0.410 e. The van der Waals surface area contributed by atoms with Crippen LogP contribution in [0.4, 0.5) is 4.79 Å². The normalized spacial score (nSPS) is 27.2. The fourth-order valence-corrected chi connectivity index (χ4v) is 5.12. The number of carbonyl (C=O) groups excluding carboxylic acids is 2. The third-order valence-corrected chi connectivity index (χ3v) is 6.93. The van der Waals surface area contributed by atoms with Gasteiger partial charge >= 0.3 is 6.09 Å². The van der Waals surface area contributed by atoms with E-state index >= 15 is 0 Å². The minimum atomic E-state index is -0.449. The van der Waals surface area contributed by atoms with Crippen molar-refractivity contribution < 1.29 is 19.1 Å². The summed E-state index contributed by atoms with van der Waals surface area (Å²) in [5.74, 6) is 1.64. The summed E-state index contributed by atoms with van der Waals surface area (Å²) in [6.07, 6.45) is 0.738. The van der Waals surface area contributed by atoms with Gasteiger partial charge in [0.2, 0.25) is 0 Å². The number of rotatable bonds is 5. The van der Waals surface area contributed by atoms with Gasteiger partial charge < -0.3 is 19.7 Å². The van der Waals surface area contributed by atoms with Crippen LogP contribution in [-0.2, 0) is 9.47 Å². The minimum absolute atomic E-state index is 0.0396. The summed E-state index contributed by atoms with van der Waals surface area (Å²) in [6, 6.07) is 5.60. The predicted octanol–water partition coefficient (Wildman–Crippen LogP) is 2.52. The van der Waals surface area contributed by atoms with Gasteiger partial charge in [-0.05, 0) is 49.3 Å². The van der Waals surface area contributed by atoms with Crippen LogP contribution in [-0.4, -0.2) is 60.3 Å². The van der Waals surface area contributed by atoms with Gasteiger partial charge in [0.15, 0.2) is 5.60 Å². The Morgan fingerprint density at radius 1 is 1.36 bits per heavy atom. The highest BCUT2D eigenvalue weighted by Crippen LogP contribution is 2.53. The lowest BCUT2D eigenvalue weighted by molar-refractivity contribution is -0.171. The number of likely N-dealkylation sites (tertiary alicyclic amines) is 1. The number of carbonyl (C=O) groups is 2. The van der Waals surface area contributed by atoms with Crippen molar-refractivity contribution in [2.45, 2.75) is 18.9 Å². The zero-order valence-corrected chi connectivity index (χ0v) is 16.5. The maximum atomic E-state index is 12.4. The summed E-state index contributed by atoms with van der Waals surface area (Å²) in [6.45, 7) is 5.07. The molecule has 2 amide bonds. The van der Waals surface area contributed by atoms with E-state index in [1.54, 1.807) is 5.51 Å². The molecule has 3 heterocycles. The highest BCUT2D eigenvalue weighted by molar-refractivity contribution is 7.16. The topological polar surface area (TPSA) is 80.8 Å². The van der Waals surface area contributed by atoms with Crippen LogP contribution >= 0.6 is 11.3 Å². The van der Waals surface area contributed by atoms with Crippen molar-refractivity contribution >= 4 is 33.6 Å². The van der Waals surface area contributed by atoms with Crippen molar-refractivity contribution in [3.8, 4) is 0 Å². The molecule has 1 saturated carbocycles. The molecule has 2 aliphatic heterocycles. The Labute approximate surface area is 167 Å². The molecule has 3 fully saturated rings. The number of aromatic nitrogens is 1. The van der Waals surface area contributed by atoms with Crippen LogP contribution in [0.15, 0.2) is 23.7 Å². The van der Waals surface area contributed by atoms with Gasteiger partial charge in [-0.25, -0.2) is 9.78 Å². The van der Waals surface area contributed by atoms with Crippen molar-refractivity contribution in [1.82, 2.24) is 15.2 Å². The molecule has 5 rings (SSSR count). The second kappa shape index (κ2) is 6.70. The number of thiazole rings is 1. The number of hydrogen-bond donors (Lipinski definition) is 1. The monoisotopic (exact) mass is 401 g/mol. The maximum absolute atomic E-state index is 12.4. The van der Waals surface area contributed by atoms with Gasteiger partial charge in [0.25, 0.3) is 5.91 Å². The first-order valence-corrected chi connectivity index (χ1v) is 10.6. The van der Waals surface area contributed by atoms with Crippen molar-refractivity contribution in [3.05, 3.63) is 29.3 Å². The SMILES string of the molecule is CC1(OC(=O)N2C[C@@H]3[C@@H](CCNC(=O)c4ccc5ncsc5c4)[C@@H]3C2)COC1. The van der Waals surface area contributed by atoms with E-state index in [1.807, 2.05) is 30.0 Å². The molecule has 1 N–H and O–H groups in total. The molecule has 0 spiro atoms. The molecule has 2 saturated heterocycles. The average Bonchev–Trinajstić information content (AvgIpc) is 3.06. The van der Waals surface area contributed by atoms with Gasteiger partial charge in [0.1, 0.15) is 0 Å². The van der Waals surface area contributed by atoms with E-state index in [1.165, 1.54) is 11.3 Å². The molecule has 0 unspecified atom stereocenters. The molecule has 7 nitrogen and oxygen atoms in total. The van der Waals surface area contributed by atoms with E-state index < -0.39 is 5.60 Å². The van der Waals surface area contributed by atoms with Gasteiger partial charge in [0.05, 0.1) is 28.9 Å². The molecule has 3 atom stereocenters. The third-order valence-electron chi connectivity index (χ3n) is 6.13. The summed E-state index contributed by atoms with van der Waals surface area (Å²) in [7, 11) is 0. The zero-order chi connectivity index (χ0) is 19.3. The molecule has 8 heteroatoms. The number of amides is 2. The number of nitrogens with one attached hydrogen (secondary N) is 1. The quantitative estimate of drug-likeness (QED) is 0.833. The van der Waals surface area contributed by atoms with Gasteiger partial charge in [-0.15, -0.1) is 11.3 Å². The van der Waals surface area contributed by atoms with Crippen LogP contribution in [0.25, 0.3) is 10.2 Å². The van der Waals surface area contributed by atoms with E-state index in [9.17, 15) is 9.59 Å². The van der Waals surface area contributed by atoms with Crippen LogP contribution in [0.5, 0.6) is 0 Å². The van der Waals surface area contributed by atoms with Gasteiger partial charge in [0, 0.05) is 25.2 Å². The van der Waals surface area contributed by atoms with Crippen LogP contribution in [0, 0.1) is 17.8 Å². The van der Waals surface area contributed by atoms with Crippen molar-refractivity contribution in [2.75, 3.05) is 32.8 Å². The summed E-state index contributed by atoms with van der Waals surface area (Å²) < 4.78 is 11.7. The summed E-state index contributed by atoms with van der Waals surface area (Å²) >= 11 is 1.54. The number of hydrogen-bond acceptors (Lipinski definition) is 6. The molecule has 0 radical (unpaired) electrons. The standard InChI is InChI=1S/C20H23N3O4S/c1-20(9-26-10-20)27-19(25)23-7-14-13(15(14)8-23)4-5-21-18(24)12-2-3-16-17(6-12)28-11-22-16/h2-3,6,11,13-15H,4-5,7-10H2,1H3,(H,21,24)/t13-,14-,15+. The molecule has 1 aromatic carbocycles. The number of nitrogens with zero attached hydrogens (tertiary/aromatic N) is 2. The Morgan fingerprint density at radius 2 is 2.14 bits per heavy atom. The molecule has 148 valence electrons. The summed E-state index contributed by atoms with van der Waals surface area (Å²) in [5.41, 5.74) is 2.94. The van der Waals surface area contributed by atoms with Crippen molar-refractivity contribution in [3.63, 3.8) is 0 Å². The van der Waals surface area contributed by atoms with Crippen LogP contribution in [0.3, 0.4) is 0 Å². The van der Waals surface area contributed by atoms with E-state index in [-0.39, 0.29) is 12.0 Å². The molecule has 1 aromatic heterocycles. The molecular weight excluding hydrogens is 378 g/mol. The molecule has 1 aliphatic carbocycles. The van der Waals surface area contributed by atoms with Gasteiger partial charge in [-0.1, -0.05) is 0 Å². The first-order valence-electron chi connectivity index (χ1n) is 9.69. The highest BCUT2D eigenvalue weighted by Gasteiger charge is 2.56. The predicted molar refractivity (Wildman–Crippen MR) is 104 cm³/mol. The zero-order valence-electron chi connectivity index (χ0n) is 15.7. The lowest BCUT2D eigenvalue weighted by Gasteiger charge is -2.38. The highest BCUT2D eigenvalue weighted by atomic mass is 32.1. The average molecular weight is 401 g/mol. The molecule has 0 bridgehead atoms.